The molecule has 0 bridgehead atoms. The van der Waals surface area contributed by atoms with Crippen LogP contribution in [0, 0.1) is 0 Å². The molecule has 0 unspecified atom stereocenters. The summed E-state index contributed by atoms with van der Waals surface area (Å²) in [4.78, 5) is 0. The van der Waals surface area contributed by atoms with Crippen molar-refractivity contribution in [2.75, 3.05) is 0 Å². The van der Waals surface area contributed by atoms with Crippen LogP contribution in [0.25, 0.3) is 0 Å². The van der Waals surface area contributed by atoms with Gasteiger partial charge in [0.1, 0.15) is 5.69 Å². The maximum Gasteiger partial charge on any atom is 0.433 e. The first-order valence-electron chi connectivity index (χ1n) is 3.61. The molecule has 0 saturated carbocycles. The molecule has 0 aliphatic heterocycles. The predicted molar refractivity (Wildman–Crippen MR) is 38.8 cm³/mol. The Labute approximate surface area is 72.8 Å². The fraction of sp³-hybridized carbons (Fsp3) is 0.571. The van der Waals surface area contributed by atoms with E-state index in [1.807, 2.05) is 0 Å². The molecule has 0 aliphatic rings. The van der Waals surface area contributed by atoms with Gasteiger partial charge in [-0.2, -0.15) is 18.3 Å². The molecular formula is C7H9F3N2O. The van der Waals surface area contributed by atoms with Crippen LogP contribution in [0.3, 0.4) is 0 Å². The molecule has 0 radical (unpaired) electrons. The summed E-state index contributed by atoms with van der Waals surface area (Å²) < 4.78 is 37.3. The molecule has 0 spiro atoms. The summed E-state index contributed by atoms with van der Waals surface area (Å²) in [6.45, 7) is 1.36. The maximum atomic E-state index is 12.2. The molecule has 0 aliphatic carbocycles. The highest BCUT2D eigenvalue weighted by molar-refractivity contribution is 5.14. The molecule has 0 saturated heterocycles. The molecule has 13 heavy (non-hydrogen) atoms. The van der Waals surface area contributed by atoms with Gasteiger partial charge in [0.2, 0.25) is 0 Å². The van der Waals surface area contributed by atoms with Crippen LogP contribution in [-0.2, 0) is 13.2 Å². The van der Waals surface area contributed by atoms with Crippen molar-refractivity contribution in [2.24, 2.45) is 7.05 Å². The first-order chi connectivity index (χ1) is 5.82. The maximum absolute atomic E-state index is 12.2. The van der Waals surface area contributed by atoms with E-state index >= 15 is 0 Å². The lowest BCUT2D eigenvalue weighted by atomic mass is 10.2. The lowest BCUT2D eigenvalue weighted by Gasteiger charge is -2.04. The second-order valence-electron chi connectivity index (χ2n) is 2.75. The SMILES string of the molecule is C[C@@H](O)c1cc(C(F)(F)F)n(C)n1. The molecule has 0 amide bonds. The lowest BCUT2D eigenvalue weighted by Crippen LogP contribution is -2.11. The Morgan fingerprint density at radius 3 is 2.31 bits per heavy atom. The van der Waals surface area contributed by atoms with Crippen molar-refractivity contribution in [3.63, 3.8) is 0 Å². The number of alkyl halides is 3. The van der Waals surface area contributed by atoms with Gasteiger partial charge < -0.3 is 5.11 Å². The Morgan fingerprint density at radius 2 is 2.08 bits per heavy atom. The van der Waals surface area contributed by atoms with Crippen LogP contribution in [0.1, 0.15) is 24.4 Å². The third-order valence-electron chi connectivity index (χ3n) is 1.62. The minimum absolute atomic E-state index is 0.0230. The van der Waals surface area contributed by atoms with E-state index in [0.29, 0.717) is 4.68 Å². The highest BCUT2D eigenvalue weighted by atomic mass is 19.4. The van der Waals surface area contributed by atoms with Crippen LogP contribution in [-0.4, -0.2) is 14.9 Å². The standard InChI is InChI=1S/C7H9F3N2O/c1-4(13)5-3-6(7(8,9)10)12(2)11-5/h3-4,13H,1-2H3/t4-/m1/s1. The highest BCUT2D eigenvalue weighted by Gasteiger charge is 2.35. The second-order valence-corrected chi connectivity index (χ2v) is 2.75. The molecule has 74 valence electrons. The average molecular weight is 194 g/mol. The number of hydrogen-bond acceptors (Lipinski definition) is 2. The zero-order valence-corrected chi connectivity index (χ0v) is 7.13. The van der Waals surface area contributed by atoms with Gasteiger partial charge in [0, 0.05) is 7.05 Å². The van der Waals surface area contributed by atoms with Crippen molar-refractivity contribution in [3.05, 3.63) is 17.5 Å². The minimum atomic E-state index is -4.42. The quantitative estimate of drug-likeness (QED) is 0.735. The van der Waals surface area contributed by atoms with Crippen LogP contribution >= 0.6 is 0 Å². The van der Waals surface area contributed by atoms with Crippen LogP contribution in [0.4, 0.5) is 13.2 Å². The van der Waals surface area contributed by atoms with Crippen LogP contribution in [0.5, 0.6) is 0 Å². The summed E-state index contributed by atoms with van der Waals surface area (Å²) in [5.74, 6) is 0. The zero-order chi connectivity index (χ0) is 10.2. The van der Waals surface area contributed by atoms with Crippen LogP contribution in [0.2, 0.25) is 0 Å². The number of aromatic nitrogens is 2. The molecular weight excluding hydrogens is 185 g/mol. The summed E-state index contributed by atoms with van der Waals surface area (Å²) in [5, 5.41) is 12.5. The van der Waals surface area contributed by atoms with Gasteiger partial charge in [0.05, 0.1) is 11.8 Å². The van der Waals surface area contributed by atoms with Gasteiger partial charge in [0.25, 0.3) is 0 Å². The molecule has 0 fully saturated rings. The Hall–Kier alpha value is -1.04. The number of rotatable bonds is 1. The van der Waals surface area contributed by atoms with Gasteiger partial charge in [0.15, 0.2) is 0 Å². The van der Waals surface area contributed by atoms with Crippen LogP contribution < -0.4 is 0 Å². The minimum Gasteiger partial charge on any atom is -0.387 e. The molecule has 1 atom stereocenters. The molecule has 1 heterocycles. The van der Waals surface area contributed by atoms with Crippen molar-refractivity contribution in [1.82, 2.24) is 9.78 Å². The normalized spacial score (nSPS) is 14.6. The predicted octanol–water partition coefficient (Wildman–Crippen LogP) is 1.49. The molecule has 6 heteroatoms. The van der Waals surface area contributed by atoms with E-state index < -0.39 is 18.0 Å². The van der Waals surface area contributed by atoms with Crippen molar-refractivity contribution >= 4 is 0 Å². The van der Waals surface area contributed by atoms with Crippen molar-refractivity contribution in [2.45, 2.75) is 19.2 Å². The number of aryl methyl sites for hydroxylation is 1. The number of aliphatic hydroxyl groups is 1. The second kappa shape index (κ2) is 3.02. The van der Waals surface area contributed by atoms with E-state index in [9.17, 15) is 13.2 Å². The fourth-order valence-corrected chi connectivity index (χ4v) is 0.959. The number of nitrogens with zero attached hydrogens (tertiary/aromatic N) is 2. The van der Waals surface area contributed by atoms with Gasteiger partial charge in [-0.25, -0.2) is 0 Å². The molecule has 1 rings (SSSR count). The first kappa shape index (κ1) is 10.0. The van der Waals surface area contributed by atoms with E-state index in [0.717, 1.165) is 6.07 Å². The summed E-state index contributed by atoms with van der Waals surface area (Å²) >= 11 is 0. The van der Waals surface area contributed by atoms with Gasteiger partial charge >= 0.3 is 6.18 Å². The van der Waals surface area contributed by atoms with Crippen LogP contribution in [0.15, 0.2) is 6.07 Å². The van der Waals surface area contributed by atoms with Crippen molar-refractivity contribution in [1.29, 1.82) is 0 Å². The summed E-state index contributed by atoms with van der Waals surface area (Å²) in [5.41, 5.74) is -0.835. The number of aliphatic hydroxyl groups excluding tert-OH is 1. The van der Waals surface area contributed by atoms with Gasteiger partial charge in [-0.1, -0.05) is 0 Å². The lowest BCUT2D eigenvalue weighted by molar-refractivity contribution is -0.143. The third kappa shape index (κ3) is 2.00. The van der Waals surface area contributed by atoms with E-state index in [2.05, 4.69) is 5.10 Å². The van der Waals surface area contributed by atoms with Gasteiger partial charge in [-0.05, 0) is 13.0 Å². The van der Waals surface area contributed by atoms with E-state index in [1.54, 1.807) is 0 Å². The van der Waals surface area contributed by atoms with E-state index in [1.165, 1.54) is 14.0 Å². The zero-order valence-electron chi connectivity index (χ0n) is 7.13. The molecule has 3 nitrogen and oxygen atoms in total. The summed E-state index contributed by atoms with van der Waals surface area (Å²) in [7, 11) is 1.19. The Kier molecular flexibility index (Phi) is 2.34. The third-order valence-corrected chi connectivity index (χ3v) is 1.62. The van der Waals surface area contributed by atoms with E-state index in [4.69, 9.17) is 5.11 Å². The first-order valence-corrected chi connectivity index (χ1v) is 3.61. The summed E-state index contributed by atoms with van der Waals surface area (Å²) in [6.07, 6.45) is -5.41. The number of hydrogen-bond donors (Lipinski definition) is 1. The van der Waals surface area contributed by atoms with Gasteiger partial charge in [-0.3, -0.25) is 4.68 Å². The van der Waals surface area contributed by atoms with Crippen molar-refractivity contribution in [3.8, 4) is 0 Å². The van der Waals surface area contributed by atoms with Crippen molar-refractivity contribution < 1.29 is 18.3 Å². The smallest absolute Gasteiger partial charge is 0.387 e. The monoisotopic (exact) mass is 194 g/mol. The van der Waals surface area contributed by atoms with E-state index in [-0.39, 0.29) is 5.69 Å². The molecule has 1 N–H and O–H groups in total. The molecule has 0 aromatic carbocycles. The Morgan fingerprint density at radius 1 is 1.54 bits per heavy atom. The Bertz CT molecular complexity index is 303. The fourth-order valence-electron chi connectivity index (χ4n) is 0.959. The molecule has 1 aromatic rings. The molecule has 1 aromatic heterocycles. The van der Waals surface area contributed by atoms with Gasteiger partial charge in [-0.15, -0.1) is 0 Å². The highest BCUT2D eigenvalue weighted by Crippen LogP contribution is 2.30. The summed E-state index contributed by atoms with van der Waals surface area (Å²) in [6, 6.07) is 0.838. The average Bonchev–Trinajstić information content (AvgIpc) is 2.29. The number of halogens is 3. The Balaban J connectivity index is 3.11. The largest absolute Gasteiger partial charge is 0.433 e. The topological polar surface area (TPSA) is 38.0 Å².